The highest BCUT2D eigenvalue weighted by Gasteiger charge is 2.23. The lowest BCUT2D eigenvalue weighted by Gasteiger charge is -2.22. The maximum absolute atomic E-state index is 11.6. The number of carbonyl (C=O) groups is 2. The number of nitrogen functional groups attached to an aromatic ring is 1. The Hall–Kier alpha value is -2.31. The van der Waals surface area contributed by atoms with Gasteiger partial charge in [-0.05, 0) is 51.7 Å². The number of ether oxygens (including phenoxy) is 1. The first-order valence-electron chi connectivity index (χ1n) is 7.10. The highest BCUT2D eigenvalue weighted by Crippen LogP contribution is 2.10. The fourth-order valence-electron chi connectivity index (χ4n) is 1.80. The molecule has 22 heavy (non-hydrogen) atoms. The molecule has 0 aliphatic carbocycles. The molecule has 1 aromatic rings. The van der Waals surface area contributed by atoms with Crippen molar-refractivity contribution in [2.45, 2.75) is 51.7 Å². The standard InChI is InChI=1S/C15H23N3O4/c1-15(2,3)22-14(21)18-11(13(19)20)6-4-5-10-7-8-12(16)17-9-10/h7-9,11H,4-6H2,1-3H3,(H2,16,17)(H,18,21)(H,19,20). The minimum atomic E-state index is -1.08. The van der Waals surface area contributed by atoms with Gasteiger partial charge in [-0.2, -0.15) is 0 Å². The summed E-state index contributed by atoms with van der Waals surface area (Å²) in [5.74, 6) is -0.639. The summed E-state index contributed by atoms with van der Waals surface area (Å²) in [5.41, 5.74) is 5.80. The quantitative estimate of drug-likeness (QED) is 0.740. The molecule has 0 fully saturated rings. The summed E-state index contributed by atoms with van der Waals surface area (Å²) in [7, 11) is 0. The van der Waals surface area contributed by atoms with E-state index >= 15 is 0 Å². The van der Waals surface area contributed by atoms with E-state index in [0.717, 1.165) is 5.56 Å². The number of hydrogen-bond acceptors (Lipinski definition) is 5. The molecule has 0 aromatic carbocycles. The highest BCUT2D eigenvalue weighted by molar-refractivity contribution is 5.79. The van der Waals surface area contributed by atoms with Crippen molar-refractivity contribution in [2.75, 3.05) is 5.73 Å². The third-order valence-corrected chi connectivity index (χ3v) is 2.79. The molecule has 4 N–H and O–H groups in total. The number of aromatic nitrogens is 1. The van der Waals surface area contributed by atoms with E-state index in [9.17, 15) is 9.59 Å². The van der Waals surface area contributed by atoms with Crippen LogP contribution >= 0.6 is 0 Å². The van der Waals surface area contributed by atoms with Crippen LogP contribution in [0.25, 0.3) is 0 Å². The molecule has 0 aliphatic heterocycles. The van der Waals surface area contributed by atoms with E-state index < -0.39 is 23.7 Å². The van der Waals surface area contributed by atoms with Gasteiger partial charge in [0.25, 0.3) is 0 Å². The topological polar surface area (TPSA) is 115 Å². The van der Waals surface area contributed by atoms with Crippen LogP contribution in [0, 0.1) is 0 Å². The number of carboxylic acid groups (broad SMARTS) is 1. The van der Waals surface area contributed by atoms with Gasteiger partial charge in [0.2, 0.25) is 0 Å². The first kappa shape index (κ1) is 17.7. The van der Waals surface area contributed by atoms with Crippen LogP contribution in [0.15, 0.2) is 18.3 Å². The number of hydrogen-bond donors (Lipinski definition) is 3. The normalized spacial score (nSPS) is 12.5. The molecule has 0 aliphatic rings. The average molecular weight is 309 g/mol. The van der Waals surface area contributed by atoms with Gasteiger partial charge >= 0.3 is 12.1 Å². The van der Waals surface area contributed by atoms with Crippen LogP contribution in [0.4, 0.5) is 10.6 Å². The van der Waals surface area contributed by atoms with Crippen molar-refractivity contribution >= 4 is 17.9 Å². The Morgan fingerprint density at radius 2 is 2.09 bits per heavy atom. The molecule has 1 amide bonds. The number of anilines is 1. The number of alkyl carbamates (subject to hydrolysis) is 1. The molecule has 1 atom stereocenters. The summed E-state index contributed by atoms with van der Waals surface area (Å²) >= 11 is 0. The maximum atomic E-state index is 11.6. The number of nitrogens with zero attached hydrogens (tertiary/aromatic N) is 1. The van der Waals surface area contributed by atoms with Crippen molar-refractivity contribution in [3.05, 3.63) is 23.9 Å². The second kappa shape index (κ2) is 7.63. The second-order valence-electron chi connectivity index (χ2n) is 6.02. The largest absolute Gasteiger partial charge is 0.480 e. The number of aliphatic carboxylic acids is 1. The van der Waals surface area contributed by atoms with Crippen molar-refractivity contribution in [3.8, 4) is 0 Å². The molecule has 1 unspecified atom stereocenters. The summed E-state index contributed by atoms with van der Waals surface area (Å²) in [6, 6.07) is 2.57. The van der Waals surface area contributed by atoms with Crippen molar-refractivity contribution < 1.29 is 19.4 Å². The van der Waals surface area contributed by atoms with Crippen molar-refractivity contribution in [2.24, 2.45) is 0 Å². The summed E-state index contributed by atoms with van der Waals surface area (Å²) in [5, 5.41) is 11.5. The molecule has 7 nitrogen and oxygen atoms in total. The van der Waals surface area contributed by atoms with Gasteiger partial charge in [-0.15, -0.1) is 0 Å². The minimum absolute atomic E-state index is 0.305. The van der Waals surface area contributed by atoms with Gasteiger partial charge in [0.1, 0.15) is 17.5 Å². The third kappa shape index (κ3) is 6.92. The molecule has 0 bridgehead atoms. The van der Waals surface area contributed by atoms with E-state index in [1.165, 1.54) is 0 Å². The number of rotatable bonds is 6. The summed E-state index contributed by atoms with van der Waals surface area (Å²) < 4.78 is 5.06. The fraction of sp³-hybridized carbons (Fsp3) is 0.533. The molecule has 0 spiro atoms. The highest BCUT2D eigenvalue weighted by atomic mass is 16.6. The van der Waals surface area contributed by atoms with Gasteiger partial charge in [0, 0.05) is 6.20 Å². The zero-order valence-corrected chi connectivity index (χ0v) is 13.1. The van der Waals surface area contributed by atoms with Crippen LogP contribution in [-0.2, 0) is 16.0 Å². The van der Waals surface area contributed by atoms with Crippen LogP contribution in [0.1, 0.15) is 39.2 Å². The van der Waals surface area contributed by atoms with Gasteiger partial charge in [0.15, 0.2) is 0 Å². The minimum Gasteiger partial charge on any atom is -0.480 e. The molecule has 1 rings (SSSR count). The van der Waals surface area contributed by atoms with Crippen LogP contribution in [-0.4, -0.2) is 33.8 Å². The third-order valence-electron chi connectivity index (χ3n) is 2.79. The van der Waals surface area contributed by atoms with Crippen LogP contribution in [0.3, 0.4) is 0 Å². The molecule has 1 heterocycles. The monoisotopic (exact) mass is 309 g/mol. The van der Waals surface area contributed by atoms with Gasteiger partial charge in [0.05, 0.1) is 0 Å². The number of pyridine rings is 1. The van der Waals surface area contributed by atoms with Crippen molar-refractivity contribution in [1.29, 1.82) is 0 Å². The lowest BCUT2D eigenvalue weighted by molar-refractivity contribution is -0.139. The van der Waals surface area contributed by atoms with E-state index in [0.29, 0.717) is 25.1 Å². The lowest BCUT2D eigenvalue weighted by atomic mass is 10.1. The number of carbonyl (C=O) groups excluding carboxylic acids is 1. The zero-order chi connectivity index (χ0) is 16.8. The second-order valence-corrected chi connectivity index (χ2v) is 6.02. The molecular weight excluding hydrogens is 286 g/mol. The van der Waals surface area contributed by atoms with Crippen LogP contribution < -0.4 is 11.1 Å². The first-order chi connectivity index (χ1) is 10.2. The first-order valence-corrected chi connectivity index (χ1v) is 7.10. The predicted octanol–water partition coefficient (Wildman–Crippen LogP) is 1.96. The molecule has 0 radical (unpaired) electrons. The van der Waals surface area contributed by atoms with E-state index in [1.54, 1.807) is 33.0 Å². The van der Waals surface area contributed by atoms with Crippen molar-refractivity contribution in [1.82, 2.24) is 10.3 Å². The van der Waals surface area contributed by atoms with Crippen LogP contribution in [0.5, 0.6) is 0 Å². The smallest absolute Gasteiger partial charge is 0.408 e. The average Bonchev–Trinajstić information content (AvgIpc) is 2.37. The number of nitrogens with one attached hydrogen (secondary N) is 1. The van der Waals surface area contributed by atoms with E-state index in [1.807, 2.05) is 6.07 Å². The molecule has 7 heteroatoms. The Balaban J connectivity index is 2.46. The summed E-state index contributed by atoms with van der Waals surface area (Å²) in [4.78, 5) is 26.8. The van der Waals surface area contributed by atoms with Gasteiger partial charge in [-0.25, -0.2) is 14.6 Å². The number of amides is 1. The molecule has 0 saturated carbocycles. The van der Waals surface area contributed by atoms with Gasteiger partial charge in [-0.3, -0.25) is 0 Å². The number of carboxylic acids is 1. The maximum Gasteiger partial charge on any atom is 0.408 e. The van der Waals surface area contributed by atoms with Gasteiger partial charge < -0.3 is 20.9 Å². The fourth-order valence-corrected chi connectivity index (χ4v) is 1.80. The Morgan fingerprint density at radius 3 is 2.59 bits per heavy atom. The Kier molecular flexibility index (Phi) is 6.15. The predicted molar refractivity (Wildman–Crippen MR) is 82.4 cm³/mol. The van der Waals surface area contributed by atoms with Crippen molar-refractivity contribution in [3.63, 3.8) is 0 Å². The number of nitrogens with two attached hydrogens (primary N) is 1. The Bertz CT molecular complexity index is 509. The van der Waals surface area contributed by atoms with Gasteiger partial charge in [-0.1, -0.05) is 6.07 Å². The molecule has 1 aromatic heterocycles. The Morgan fingerprint density at radius 1 is 1.41 bits per heavy atom. The number of aryl methyl sites for hydroxylation is 1. The Labute approximate surface area is 129 Å². The van der Waals surface area contributed by atoms with E-state index in [4.69, 9.17) is 15.6 Å². The summed E-state index contributed by atoms with van der Waals surface area (Å²) in [6.45, 7) is 5.16. The lowest BCUT2D eigenvalue weighted by Crippen LogP contribution is -2.43. The summed E-state index contributed by atoms with van der Waals surface area (Å²) in [6.07, 6.45) is 2.49. The molecular formula is C15H23N3O4. The molecule has 0 saturated heterocycles. The van der Waals surface area contributed by atoms with Crippen LogP contribution in [0.2, 0.25) is 0 Å². The SMILES string of the molecule is CC(C)(C)OC(=O)NC(CCCc1ccc(N)nc1)C(=O)O. The molecule has 122 valence electrons. The van der Waals surface area contributed by atoms with E-state index in [-0.39, 0.29) is 0 Å². The zero-order valence-electron chi connectivity index (χ0n) is 13.1. The van der Waals surface area contributed by atoms with E-state index in [2.05, 4.69) is 10.3 Å².